The minimum absolute atomic E-state index is 0.177. The molecule has 3 N–H and O–H groups in total. The van der Waals surface area contributed by atoms with Crippen molar-refractivity contribution in [2.45, 2.75) is 13.8 Å². The Bertz CT molecular complexity index is 365. The fourth-order valence-corrected chi connectivity index (χ4v) is 0.991. The predicted molar refractivity (Wildman–Crippen MR) is 57.8 cm³/mol. The van der Waals surface area contributed by atoms with Crippen molar-refractivity contribution in [1.29, 1.82) is 0 Å². The second-order valence-electron chi connectivity index (χ2n) is 3.28. The lowest BCUT2D eigenvalue weighted by Gasteiger charge is -2.03. The molecule has 14 heavy (non-hydrogen) atoms. The number of hydrogen-bond acceptors (Lipinski definition) is 2. The zero-order valence-corrected chi connectivity index (χ0v) is 8.37. The molecular weight excluding hydrogens is 176 g/mol. The largest absolute Gasteiger partial charge is 0.398 e. The van der Waals surface area contributed by atoms with E-state index in [0.717, 1.165) is 5.57 Å². The van der Waals surface area contributed by atoms with Crippen LogP contribution in [0.5, 0.6) is 0 Å². The molecule has 0 spiro atoms. The first-order valence-electron chi connectivity index (χ1n) is 4.40. The van der Waals surface area contributed by atoms with Gasteiger partial charge >= 0.3 is 0 Å². The van der Waals surface area contributed by atoms with Gasteiger partial charge in [-0.1, -0.05) is 17.7 Å². The molecule has 0 fully saturated rings. The number of para-hydroxylation sites is 1. The monoisotopic (exact) mass is 190 g/mol. The third kappa shape index (κ3) is 2.62. The molecule has 1 aromatic carbocycles. The average molecular weight is 190 g/mol. The number of carbonyl (C=O) groups is 1. The Kier molecular flexibility index (Phi) is 3.29. The third-order valence-corrected chi connectivity index (χ3v) is 1.70. The Hall–Kier alpha value is -1.77. The Morgan fingerprint density at radius 2 is 2.00 bits per heavy atom. The van der Waals surface area contributed by atoms with Gasteiger partial charge in [0.1, 0.15) is 0 Å². The van der Waals surface area contributed by atoms with Gasteiger partial charge in [0.15, 0.2) is 0 Å². The van der Waals surface area contributed by atoms with E-state index >= 15 is 0 Å². The van der Waals surface area contributed by atoms with Crippen LogP contribution in [0.4, 0.5) is 5.69 Å². The molecule has 1 rings (SSSR count). The van der Waals surface area contributed by atoms with E-state index in [2.05, 4.69) is 5.32 Å². The number of allylic oxidation sites excluding steroid dienone is 1. The molecule has 0 bridgehead atoms. The Balaban J connectivity index is 2.80. The van der Waals surface area contributed by atoms with Crippen molar-refractivity contribution >= 4 is 11.6 Å². The number of nitrogens with two attached hydrogens (primary N) is 1. The van der Waals surface area contributed by atoms with Crippen LogP contribution in [0.2, 0.25) is 0 Å². The predicted octanol–water partition coefficient (Wildman–Crippen LogP) is 1.92. The van der Waals surface area contributed by atoms with E-state index in [1.807, 2.05) is 13.8 Å². The first-order valence-corrected chi connectivity index (χ1v) is 4.40. The molecule has 3 heteroatoms. The average Bonchev–Trinajstić information content (AvgIpc) is 2.15. The molecular formula is C11H14N2O. The minimum atomic E-state index is -0.177. The molecule has 0 saturated carbocycles. The van der Waals surface area contributed by atoms with Gasteiger partial charge in [-0.2, -0.15) is 0 Å². The minimum Gasteiger partial charge on any atom is -0.398 e. The number of carbonyl (C=O) groups excluding carboxylic acids is 1. The zero-order chi connectivity index (χ0) is 10.6. The van der Waals surface area contributed by atoms with Crippen LogP contribution in [-0.4, -0.2) is 5.91 Å². The van der Waals surface area contributed by atoms with Gasteiger partial charge in [0, 0.05) is 11.9 Å². The highest BCUT2D eigenvalue weighted by Crippen LogP contribution is 2.09. The highest BCUT2D eigenvalue weighted by Gasteiger charge is 2.05. The van der Waals surface area contributed by atoms with E-state index in [9.17, 15) is 4.79 Å². The number of nitrogen functional groups attached to an aromatic ring is 1. The van der Waals surface area contributed by atoms with Crippen LogP contribution in [-0.2, 0) is 0 Å². The van der Waals surface area contributed by atoms with Gasteiger partial charge < -0.3 is 11.1 Å². The topological polar surface area (TPSA) is 55.1 Å². The molecule has 1 aromatic rings. The molecule has 1 amide bonds. The molecule has 74 valence electrons. The normalized spacial score (nSPS) is 9.29. The van der Waals surface area contributed by atoms with Gasteiger partial charge in [-0.3, -0.25) is 4.79 Å². The molecule has 0 radical (unpaired) electrons. The number of hydrogen-bond donors (Lipinski definition) is 2. The molecule has 0 aliphatic heterocycles. The molecule has 0 atom stereocenters. The van der Waals surface area contributed by atoms with Crippen LogP contribution in [0.25, 0.3) is 0 Å². The Morgan fingerprint density at radius 3 is 2.57 bits per heavy atom. The molecule has 0 aliphatic carbocycles. The SMILES string of the molecule is CC(C)=CNC(=O)c1ccccc1N. The van der Waals surface area contributed by atoms with E-state index in [-0.39, 0.29) is 5.91 Å². The van der Waals surface area contributed by atoms with Crippen molar-refractivity contribution in [3.05, 3.63) is 41.6 Å². The van der Waals surface area contributed by atoms with Crippen molar-refractivity contribution in [1.82, 2.24) is 5.32 Å². The van der Waals surface area contributed by atoms with Crippen LogP contribution in [0.1, 0.15) is 24.2 Å². The number of benzene rings is 1. The summed E-state index contributed by atoms with van der Waals surface area (Å²) in [4.78, 5) is 11.5. The van der Waals surface area contributed by atoms with Crippen LogP contribution in [0, 0.1) is 0 Å². The van der Waals surface area contributed by atoms with E-state index < -0.39 is 0 Å². The van der Waals surface area contributed by atoms with Gasteiger partial charge in [0.05, 0.1) is 5.56 Å². The summed E-state index contributed by atoms with van der Waals surface area (Å²) in [5.74, 6) is -0.177. The van der Waals surface area contributed by atoms with Gasteiger partial charge in [-0.25, -0.2) is 0 Å². The standard InChI is InChI=1S/C11H14N2O/c1-8(2)7-13-11(14)9-5-3-4-6-10(9)12/h3-7H,12H2,1-2H3,(H,13,14). The highest BCUT2D eigenvalue weighted by atomic mass is 16.1. The summed E-state index contributed by atoms with van der Waals surface area (Å²) in [5, 5.41) is 2.66. The fourth-order valence-electron chi connectivity index (χ4n) is 0.991. The van der Waals surface area contributed by atoms with Crippen molar-refractivity contribution in [3.8, 4) is 0 Å². The molecule has 0 aromatic heterocycles. The molecule has 3 nitrogen and oxygen atoms in total. The fraction of sp³-hybridized carbons (Fsp3) is 0.182. The molecule has 0 saturated heterocycles. The first-order chi connectivity index (χ1) is 6.61. The van der Waals surface area contributed by atoms with Gasteiger partial charge in [-0.15, -0.1) is 0 Å². The number of anilines is 1. The maximum absolute atomic E-state index is 11.5. The van der Waals surface area contributed by atoms with E-state index in [1.165, 1.54) is 0 Å². The number of amides is 1. The lowest BCUT2D eigenvalue weighted by Crippen LogP contribution is -2.18. The van der Waals surface area contributed by atoms with Crippen molar-refractivity contribution in [2.75, 3.05) is 5.73 Å². The lowest BCUT2D eigenvalue weighted by molar-refractivity contribution is 0.0970. The maximum Gasteiger partial charge on any atom is 0.257 e. The smallest absolute Gasteiger partial charge is 0.257 e. The van der Waals surface area contributed by atoms with E-state index in [1.54, 1.807) is 30.5 Å². The summed E-state index contributed by atoms with van der Waals surface area (Å²) in [6.07, 6.45) is 1.66. The van der Waals surface area contributed by atoms with E-state index in [0.29, 0.717) is 11.3 Å². The van der Waals surface area contributed by atoms with E-state index in [4.69, 9.17) is 5.73 Å². The zero-order valence-electron chi connectivity index (χ0n) is 8.37. The van der Waals surface area contributed by atoms with Crippen molar-refractivity contribution in [3.63, 3.8) is 0 Å². The summed E-state index contributed by atoms with van der Waals surface area (Å²) >= 11 is 0. The highest BCUT2D eigenvalue weighted by molar-refractivity contribution is 5.99. The summed E-state index contributed by atoms with van der Waals surface area (Å²) in [6, 6.07) is 6.99. The Morgan fingerprint density at radius 1 is 1.36 bits per heavy atom. The number of rotatable bonds is 2. The molecule has 0 unspecified atom stereocenters. The summed E-state index contributed by atoms with van der Waals surface area (Å²) in [7, 11) is 0. The third-order valence-electron chi connectivity index (χ3n) is 1.70. The van der Waals surface area contributed by atoms with Crippen LogP contribution in [0.3, 0.4) is 0 Å². The summed E-state index contributed by atoms with van der Waals surface area (Å²) in [6.45, 7) is 3.82. The van der Waals surface area contributed by atoms with Crippen molar-refractivity contribution in [2.24, 2.45) is 0 Å². The number of nitrogens with one attached hydrogen (secondary N) is 1. The lowest BCUT2D eigenvalue weighted by atomic mass is 10.2. The molecule has 0 heterocycles. The van der Waals surface area contributed by atoms with Crippen LogP contribution >= 0.6 is 0 Å². The first kappa shape index (κ1) is 10.3. The van der Waals surface area contributed by atoms with Crippen LogP contribution < -0.4 is 11.1 Å². The van der Waals surface area contributed by atoms with Gasteiger partial charge in [0.2, 0.25) is 0 Å². The maximum atomic E-state index is 11.5. The quantitative estimate of drug-likeness (QED) is 0.700. The van der Waals surface area contributed by atoms with Crippen molar-refractivity contribution < 1.29 is 4.79 Å². The second kappa shape index (κ2) is 4.46. The Labute approximate surface area is 83.6 Å². The van der Waals surface area contributed by atoms with Gasteiger partial charge in [-0.05, 0) is 26.0 Å². The summed E-state index contributed by atoms with van der Waals surface area (Å²) < 4.78 is 0. The summed E-state index contributed by atoms with van der Waals surface area (Å²) in [5.41, 5.74) is 7.68. The second-order valence-corrected chi connectivity index (χ2v) is 3.28. The van der Waals surface area contributed by atoms with Crippen LogP contribution in [0.15, 0.2) is 36.0 Å². The van der Waals surface area contributed by atoms with Gasteiger partial charge in [0.25, 0.3) is 5.91 Å². The molecule has 0 aliphatic rings.